The van der Waals surface area contributed by atoms with Gasteiger partial charge in [-0.25, -0.2) is 4.39 Å². The van der Waals surface area contributed by atoms with Gasteiger partial charge in [-0.2, -0.15) is 0 Å². The summed E-state index contributed by atoms with van der Waals surface area (Å²) < 4.78 is 13.6. The first kappa shape index (κ1) is 12.8. The number of carbonyl (C=O) groups is 1. The summed E-state index contributed by atoms with van der Waals surface area (Å²) in [7, 11) is 1.44. The number of hydrogen-bond acceptors (Lipinski definition) is 3. The van der Waals surface area contributed by atoms with Crippen molar-refractivity contribution >= 4 is 11.5 Å². The number of amides is 1. The molecule has 0 bridgehead atoms. The second kappa shape index (κ2) is 5.69. The molecule has 5 heteroatoms. The summed E-state index contributed by atoms with van der Waals surface area (Å²) >= 11 is 0. The third kappa shape index (κ3) is 2.84. The van der Waals surface area contributed by atoms with Crippen LogP contribution in [0.15, 0.2) is 36.7 Å². The Balaban J connectivity index is 3.16. The Labute approximate surface area is 98.8 Å². The molecule has 1 amide bonds. The minimum atomic E-state index is -0.605. The van der Waals surface area contributed by atoms with Crippen LogP contribution in [0.3, 0.4) is 0 Å². The lowest BCUT2D eigenvalue weighted by Gasteiger charge is -2.05. The van der Waals surface area contributed by atoms with Gasteiger partial charge in [-0.1, -0.05) is 6.07 Å². The molecule has 0 aliphatic heterocycles. The highest BCUT2D eigenvalue weighted by atomic mass is 19.1. The lowest BCUT2D eigenvalue weighted by molar-refractivity contribution is 0.0959. The molecule has 0 atom stereocenters. The van der Waals surface area contributed by atoms with Gasteiger partial charge in [0.05, 0.1) is 5.56 Å². The van der Waals surface area contributed by atoms with Crippen LogP contribution in [0.4, 0.5) is 4.39 Å². The van der Waals surface area contributed by atoms with Gasteiger partial charge in [0.25, 0.3) is 5.91 Å². The van der Waals surface area contributed by atoms with E-state index in [1.807, 2.05) is 0 Å². The lowest BCUT2D eigenvalue weighted by atomic mass is 10.0. The number of carbonyl (C=O) groups excluding carboxylic acids is 1. The first-order chi connectivity index (χ1) is 8.13. The molecule has 0 saturated heterocycles. The molecule has 1 rings (SSSR count). The van der Waals surface area contributed by atoms with Crippen LogP contribution < -0.4 is 16.8 Å². The zero-order valence-corrected chi connectivity index (χ0v) is 9.41. The van der Waals surface area contributed by atoms with Crippen LogP contribution in [0.5, 0.6) is 0 Å². The van der Waals surface area contributed by atoms with E-state index >= 15 is 0 Å². The summed E-state index contributed by atoms with van der Waals surface area (Å²) in [6.45, 7) is 0. The molecular weight excluding hydrogens is 221 g/mol. The van der Waals surface area contributed by atoms with E-state index < -0.39 is 11.7 Å². The van der Waals surface area contributed by atoms with E-state index in [0.717, 1.165) is 0 Å². The smallest absolute Gasteiger partial charge is 0.253 e. The monoisotopic (exact) mass is 235 g/mol. The van der Waals surface area contributed by atoms with E-state index in [1.165, 1.54) is 31.6 Å². The fraction of sp³-hybridized carbons (Fsp3) is 0.0833. The second-order valence-electron chi connectivity index (χ2n) is 3.25. The normalized spacial score (nSPS) is 11.8. The number of rotatable bonds is 3. The molecule has 17 heavy (non-hydrogen) atoms. The Hall–Kier alpha value is -2.30. The predicted octanol–water partition coefficient (Wildman–Crippen LogP) is 0.957. The maximum absolute atomic E-state index is 13.6. The number of nitrogens with one attached hydrogen (secondary N) is 1. The number of nitrogens with two attached hydrogens (primary N) is 2. The van der Waals surface area contributed by atoms with Crippen molar-refractivity contribution in [2.75, 3.05) is 7.05 Å². The SMILES string of the molecule is CNC(=O)c1ccc(C(/C=C\N)=C/N)cc1F. The van der Waals surface area contributed by atoms with Crippen molar-refractivity contribution in [2.24, 2.45) is 11.5 Å². The summed E-state index contributed by atoms with van der Waals surface area (Å²) in [6, 6.07) is 4.24. The highest BCUT2D eigenvalue weighted by Gasteiger charge is 2.11. The summed E-state index contributed by atoms with van der Waals surface area (Å²) in [5.74, 6) is -1.08. The standard InChI is InChI=1S/C12H14FN3O/c1-16-12(17)10-3-2-8(6-11(10)13)9(7-15)4-5-14/h2-7H,14-15H2,1H3,(H,16,17)/b5-4-,9-7+. The first-order valence-electron chi connectivity index (χ1n) is 4.96. The molecule has 0 aliphatic carbocycles. The lowest BCUT2D eigenvalue weighted by Crippen LogP contribution is -2.19. The Bertz CT molecular complexity index is 481. The van der Waals surface area contributed by atoms with Gasteiger partial charge in [0.1, 0.15) is 5.82 Å². The van der Waals surface area contributed by atoms with E-state index in [0.29, 0.717) is 11.1 Å². The minimum Gasteiger partial charge on any atom is -0.405 e. The zero-order valence-electron chi connectivity index (χ0n) is 9.41. The van der Waals surface area contributed by atoms with Gasteiger partial charge in [-0.15, -0.1) is 0 Å². The van der Waals surface area contributed by atoms with E-state index in [1.54, 1.807) is 12.1 Å². The van der Waals surface area contributed by atoms with Crippen LogP contribution in [0.1, 0.15) is 15.9 Å². The summed E-state index contributed by atoms with van der Waals surface area (Å²) in [5.41, 5.74) is 11.8. The maximum Gasteiger partial charge on any atom is 0.253 e. The average Bonchev–Trinajstić information content (AvgIpc) is 2.35. The van der Waals surface area contributed by atoms with Gasteiger partial charge in [0, 0.05) is 13.2 Å². The third-order valence-electron chi connectivity index (χ3n) is 2.23. The molecule has 0 saturated carbocycles. The molecule has 0 aromatic heterocycles. The fourth-order valence-corrected chi connectivity index (χ4v) is 1.37. The fourth-order valence-electron chi connectivity index (χ4n) is 1.37. The number of hydrogen-bond donors (Lipinski definition) is 3. The molecule has 4 nitrogen and oxygen atoms in total. The quantitative estimate of drug-likeness (QED) is 0.682. The number of allylic oxidation sites excluding steroid dienone is 2. The summed E-state index contributed by atoms with van der Waals surface area (Å²) in [4.78, 5) is 11.3. The number of benzene rings is 1. The molecule has 90 valence electrons. The van der Waals surface area contributed by atoms with Gasteiger partial charge < -0.3 is 16.8 Å². The van der Waals surface area contributed by atoms with Crippen LogP contribution in [0.25, 0.3) is 5.57 Å². The van der Waals surface area contributed by atoms with Crippen LogP contribution in [-0.4, -0.2) is 13.0 Å². The Morgan fingerprint density at radius 3 is 2.59 bits per heavy atom. The molecule has 0 heterocycles. The van der Waals surface area contributed by atoms with Gasteiger partial charge >= 0.3 is 0 Å². The molecule has 1 aromatic rings. The molecule has 0 aliphatic rings. The van der Waals surface area contributed by atoms with Crippen molar-refractivity contribution in [1.82, 2.24) is 5.32 Å². The average molecular weight is 235 g/mol. The summed E-state index contributed by atoms with van der Waals surface area (Å²) in [6.07, 6.45) is 4.18. The molecule has 0 spiro atoms. The van der Waals surface area contributed by atoms with E-state index in [4.69, 9.17) is 11.5 Å². The molecular formula is C12H14FN3O. The molecule has 0 radical (unpaired) electrons. The number of halogens is 1. The van der Waals surface area contributed by atoms with Gasteiger partial charge in [-0.3, -0.25) is 4.79 Å². The molecule has 0 fully saturated rings. The van der Waals surface area contributed by atoms with Crippen molar-refractivity contribution in [3.05, 3.63) is 53.6 Å². The van der Waals surface area contributed by atoms with Gasteiger partial charge in [0.2, 0.25) is 0 Å². The Kier molecular flexibility index (Phi) is 4.28. The van der Waals surface area contributed by atoms with Crippen LogP contribution in [0, 0.1) is 5.82 Å². The van der Waals surface area contributed by atoms with Gasteiger partial charge in [-0.05, 0) is 35.5 Å². The second-order valence-corrected chi connectivity index (χ2v) is 3.25. The topological polar surface area (TPSA) is 81.1 Å². The van der Waals surface area contributed by atoms with E-state index in [9.17, 15) is 9.18 Å². The molecule has 5 N–H and O–H groups in total. The molecule has 1 aromatic carbocycles. The van der Waals surface area contributed by atoms with Crippen LogP contribution in [-0.2, 0) is 0 Å². The Morgan fingerprint density at radius 2 is 2.12 bits per heavy atom. The van der Waals surface area contributed by atoms with Crippen LogP contribution >= 0.6 is 0 Å². The van der Waals surface area contributed by atoms with Crippen molar-refractivity contribution < 1.29 is 9.18 Å². The molecule has 0 unspecified atom stereocenters. The highest BCUT2D eigenvalue weighted by molar-refractivity contribution is 5.94. The predicted molar refractivity (Wildman–Crippen MR) is 65.3 cm³/mol. The van der Waals surface area contributed by atoms with Crippen LogP contribution in [0.2, 0.25) is 0 Å². The van der Waals surface area contributed by atoms with Gasteiger partial charge in [0.15, 0.2) is 0 Å². The highest BCUT2D eigenvalue weighted by Crippen LogP contribution is 2.18. The van der Waals surface area contributed by atoms with Crippen molar-refractivity contribution in [3.8, 4) is 0 Å². The van der Waals surface area contributed by atoms with Crippen molar-refractivity contribution in [1.29, 1.82) is 0 Å². The first-order valence-corrected chi connectivity index (χ1v) is 4.96. The largest absolute Gasteiger partial charge is 0.405 e. The Morgan fingerprint density at radius 1 is 1.41 bits per heavy atom. The maximum atomic E-state index is 13.6. The van der Waals surface area contributed by atoms with Crippen molar-refractivity contribution in [2.45, 2.75) is 0 Å². The summed E-state index contributed by atoms with van der Waals surface area (Å²) in [5, 5.41) is 2.36. The zero-order chi connectivity index (χ0) is 12.8. The van der Waals surface area contributed by atoms with E-state index in [-0.39, 0.29) is 5.56 Å². The minimum absolute atomic E-state index is 0.00986. The van der Waals surface area contributed by atoms with E-state index in [2.05, 4.69) is 5.32 Å². The third-order valence-corrected chi connectivity index (χ3v) is 2.23. The van der Waals surface area contributed by atoms with Crippen molar-refractivity contribution in [3.63, 3.8) is 0 Å².